The first-order chi connectivity index (χ1) is 17.2. The van der Waals surface area contributed by atoms with E-state index >= 15 is 0 Å². The minimum absolute atomic E-state index is 0.361. The summed E-state index contributed by atoms with van der Waals surface area (Å²) >= 11 is 0. The van der Waals surface area contributed by atoms with Crippen molar-refractivity contribution in [3.63, 3.8) is 0 Å². The Morgan fingerprint density at radius 2 is 1.29 bits per heavy atom. The molecule has 0 atom stereocenters. The molecule has 0 radical (unpaired) electrons. The molecular formula is C30H25N3O2. The first-order valence-corrected chi connectivity index (χ1v) is 11.3. The second kappa shape index (κ2) is 9.31. The second-order valence-corrected chi connectivity index (χ2v) is 8.22. The molecular weight excluding hydrogens is 434 g/mol. The van der Waals surface area contributed by atoms with Crippen LogP contribution in [0.5, 0.6) is 0 Å². The number of carbonyl (C=O) groups excluding carboxylic acids is 1. The third-order valence-electron chi connectivity index (χ3n) is 6.28. The van der Waals surface area contributed by atoms with E-state index in [9.17, 15) is 4.79 Å². The monoisotopic (exact) mass is 459 g/mol. The molecule has 0 aliphatic rings. The molecule has 2 N–H and O–H groups in total. The van der Waals surface area contributed by atoms with Crippen LogP contribution in [-0.2, 0) is 10.3 Å². The molecule has 1 heterocycles. The molecule has 0 bridgehead atoms. The van der Waals surface area contributed by atoms with Gasteiger partial charge in [0.2, 0.25) is 5.95 Å². The van der Waals surface area contributed by atoms with Gasteiger partial charge in [0.05, 0.1) is 24.6 Å². The molecule has 0 amide bonds. The number of hydrogen-bond acceptors (Lipinski definition) is 4. The first-order valence-electron chi connectivity index (χ1n) is 11.3. The Balaban J connectivity index is 1.89. The van der Waals surface area contributed by atoms with E-state index in [1.807, 2.05) is 72.8 Å². The molecule has 35 heavy (non-hydrogen) atoms. The van der Waals surface area contributed by atoms with Gasteiger partial charge in [-0.3, -0.25) is 4.57 Å². The SMILES string of the molecule is COC(=O)c1cccc(-c2cnc(N)n2C(c2ccccc2)(c2ccccc2)c2ccccc2)c1. The van der Waals surface area contributed by atoms with Crippen molar-refractivity contribution >= 4 is 11.9 Å². The molecule has 0 aliphatic heterocycles. The minimum Gasteiger partial charge on any atom is -0.465 e. The van der Waals surface area contributed by atoms with Crippen molar-refractivity contribution in [2.75, 3.05) is 12.8 Å². The molecule has 0 unspecified atom stereocenters. The third-order valence-corrected chi connectivity index (χ3v) is 6.28. The Hall–Kier alpha value is -4.64. The van der Waals surface area contributed by atoms with Gasteiger partial charge in [0, 0.05) is 5.56 Å². The molecule has 4 aromatic carbocycles. The summed E-state index contributed by atoms with van der Waals surface area (Å²) in [5.41, 5.74) is 11.0. The number of imidazole rings is 1. The number of anilines is 1. The fourth-order valence-corrected chi connectivity index (χ4v) is 4.77. The van der Waals surface area contributed by atoms with Gasteiger partial charge in [-0.2, -0.15) is 0 Å². The van der Waals surface area contributed by atoms with Crippen molar-refractivity contribution in [3.05, 3.63) is 144 Å². The first kappa shape index (κ1) is 22.2. The normalized spacial score (nSPS) is 11.2. The van der Waals surface area contributed by atoms with Crippen LogP contribution in [0.25, 0.3) is 11.3 Å². The van der Waals surface area contributed by atoms with Gasteiger partial charge in [0.15, 0.2) is 0 Å². The highest BCUT2D eigenvalue weighted by atomic mass is 16.5. The predicted octanol–water partition coefficient (Wildman–Crippen LogP) is 5.76. The maximum Gasteiger partial charge on any atom is 0.337 e. The van der Waals surface area contributed by atoms with E-state index < -0.39 is 11.5 Å². The number of nitrogens with two attached hydrogens (primary N) is 1. The quantitative estimate of drug-likeness (QED) is 0.259. The minimum atomic E-state index is -0.818. The summed E-state index contributed by atoms with van der Waals surface area (Å²) in [6.07, 6.45) is 1.76. The van der Waals surface area contributed by atoms with Gasteiger partial charge >= 0.3 is 5.97 Å². The second-order valence-electron chi connectivity index (χ2n) is 8.22. The molecule has 0 fully saturated rings. The molecule has 0 saturated carbocycles. The lowest BCUT2D eigenvalue weighted by atomic mass is 9.76. The Kier molecular flexibility index (Phi) is 5.90. The van der Waals surface area contributed by atoms with Gasteiger partial charge < -0.3 is 10.5 Å². The van der Waals surface area contributed by atoms with E-state index in [1.165, 1.54) is 7.11 Å². The van der Waals surface area contributed by atoms with Crippen LogP contribution in [0.3, 0.4) is 0 Å². The van der Waals surface area contributed by atoms with Crippen LogP contribution in [0.1, 0.15) is 27.0 Å². The summed E-state index contributed by atoms with van der Waals surface area (Å²) in [7, 11) is 1.38. The molecule has 5 rings (SSSR count). The average Bonchev–Trinajstić information content (AvgIpc) is 3.32. The maximum atomic E-state index is 12.3. The highest BCUT2D eigenvalue weighted by Gasteiger charge is 2.41. The number of rotatable bonds is 6. The lowest BCUT2D eigenvalue weighted by molar-refractivity contribution is 0.0601. The van der Waals surface area contributed by atoms with Crippen LogP contribution in [0.2, 0.25) is 0 Å². The van der Waals surface area contributed by atoms with Crippen molar-refractivity contribution < 1.29 is 9.53 Å². The standard InChI is InChI=1S/C30H25N3O2/c1-35-28(34)23-13-11-12-22(20-23)27-21-32-29(31)33(27)30(24-14-5-2-6-15-24,25-16-7-3-8-17-25)26-18-9-4-10-19-26/h2-21H,1H3,(H2,31,32). The lowest BCUT2D eigenvalue weighted by Crippen LogP contribution is -2.39. The van der Waals surface area contributed by atoms with Crippen LogP contribution >= 0.6 is 0 Å². The Labute approximate surface area is 204 Å². The summed E-state index contributed by atoms with van der Waals surface area (Å²) in [5, 5.41) is 0. The highest BCUT2D eigenvalue weighted by molar-refractivity contribution is 5.90. The van der Waals surface area contributed by atoms with Crippen LogP contribution in [0.15, 0.2) is 121 Å². The van der Waals surface area contributed by atoms with Crippen LogP contribution < -0.4 is 5.73 Å². The van der Waals surface area contributed by atoms with Gasteiger partial charge in [-0.15, -0.1) is 0 Å². The van der Waals surface area contributed by atoms with Gasteiger partial charge in [0.1, 0.15) is 5.54 Å². The summed E-state index contributed by atoms with van der Waals surface area (Å²) < 4.78 is 7.01. The zero-order chi connectivity index (χ0) is 24.3. The van der Waals surface area contributed by atoms with Crippen molar-refractivity contribution in [1.82, 2.24) is 9.55 Å². The van der Waals surface area contributed by atoms with Crippen LogP contribution in [-0.4, -0.2) is 22.6 Å². The summed E-state index contributed by atoms with van der Waals surface area (Å²) in [6.45, 7) is 0. The molecule has 5 aromatic rings. The van der Waals surface area contributed by atoms with E-state index in [0.29, 0.717) is 11.5 Å². The fourth-order valence-electron chi connectivity index (χ4n) is 4.77. The topological polar surface area (TPSA) is 70.1 Å². The summed E-state index contributed by atoms with van der Waals surface area (Å²) in [4.78, 5) is 16.8. The molecule has 0 saturated heterocycles. The van der Waals surface area contributed by atoms with Crippen LogP contribution in [0, 0.1) is 0 Å². The van der Waals surface area contributed by atoms with E-state index in [4.69, 9.17) is 10.5 Å². The number of benzene rings is 4. The average molecular weight is 460 g/mol. The Morgan fingerprint density at radius 1 is 0.771 bits per heavy atom. The number of nitrogens with zero attached hydrogens (tertiary/aromatic N) is 2. The largest absolute Gasteiger partial charge is 0.465 e. The van der Waals surface area contributed by atoms with Crippen molar-refractivity contribution in [1.29, 1.82) is 0 Å². The van der Waals surface area contributed by atoms with Crippen LogP contribution in [0.4, 0.5) is 5.95 Å². The van der Waals surface area contributed by atoms with Gasteiger partial charge in [0.25, 0.3) is 0 Å². The number of nitrogen functional groups attached to an aromatic ring is 1. The number of hydrogen-bond donors (Lipinski definition) is 1. The summed E-state index contributed by atoms with van der Waals surface area (Å²) in [6, 6.07) is 38.1. The molecule has 5 nitrogen and oxygen atoms in total. The smallest absolute Gasteiger partial charge is 0.337 e. The number of carbonyl (C=O) groups is 1. The third kappa shape index (κ3) is 3.77. The van der Waals surface area contributed by atoms with E-state index in [2.05, 4.69) is 45.9 Å². The Bertz CT molecular complexity index is 1350. The zero-order valence-electron chi connectivity index (χ0n) is 19.3. The fraction of sp³-hybridized carbons (Fsp3) is 0.0667. The van der Waals surface area contributed by atoms with Crippen molar-refractivity contribution in [3.8, 4) is 11.3 Å². The van der Waals surface area contributed by atoms with Gasteiger partial charge in [-0.25, -0.2) is 9.78 Å². The maximum absolute atomic E-state index is 12.3. The van der Waals surface area contributed by atoms with Gasteiger partial charge in [-0.05, 0) is 28.8 Å². The van der Waals surface area contributed by atoms with Gasteiger partial charge in [-0.1, -0.05) is 103 Å². The zero-order valence-corrected chi connectivity index (χ0v) is 19.3. The predicted molar refractivity (Wildman–Crippen MR) is 138 cm³/mol. The van der Waals surface area contributed by atoms with E-state index in [0.717, 1.165) is 27.9 Å². The summed E-state index contributed by atoms with van der Waals surface area (Å²) in [5.74, 6) is -0.0358. The molecule has 0 spiro atoms. The van der Waals surface area contributed by atoms with E-state index in [1.54, 1.807) is 12.3 Å². The Morgan fingerprint density at radius 3 is 1.77 bits per heavy atom. The van der Waals surface area contributed by atoms with E-state index in [-0.39, 0.29) is 0 Å². The molecule has 172 valence electrons. The molecule has 1 aromatic heterocycles. The number of aromatic nitrogens is 2. The number of esters is 1. The molecule has 0 aliphatic carbocycles. The number of ether oxygens (including phenoxy) is 1. The van der Waals surface area contributed by atoms with Crippen molar-refractivity contribution in [2.24, 2.45) is 0 Å². The molecule has 5 heteroatoms. The highest BCUT2D eigenvalue weighted by Crippen LogP contribution is 2.44. The number of methoxy groups -OCH3 is 1. The van der Waals surface area contributed by atoms with Crippen molar-refractivity contribution in [2.45, 2.75) is 5.54 Å². The lowest BCUT2D eigenvalue weighted by Gasteiger charge is -2.39.